The van der Waals surface area contributed by atoms with Gasteiger partial charge in [0.15, 0.2) is 0 Å². The van der Waals surface area contributed by atoms with Gasteiger partial charge >= 0.3 is 0 Å². The molecule has 0 aromatic heterocycles. The zero-order chi connectivity index (χ0) is 19.2. The Labute approximate surface area is 154 Å². The van der Waals surface area contributed by atoms with Crippen LogP contribution in [0.25, 0.3) is 0 Å². The Hall–Kier alpha value is -2.54. The fraction of sp³-hybridized carbons (Fsp3) is 0.316. The van der Waals surface area contributed by atoms with Crippen molar-refractivity contribution >= 4 is 21.6 Å². The molecular formula is C19H24N2O4S. The van der Waals surface area contributed by atoms with Gasteiger partial charge in [0.25, 0.3) is 15.9 Å². The second kappa shape index (κ2) is 8.71. The molecule has 2 rings (SSSR count). The van der Waals surface area contributed by atoms with Crippen molar-refractivity contribution in [3.63, 3.8) is 0 Å². The Bertz CT molecular complexity index is 827. The molecule has 0 spiro atoms. The number of ether oxygens (including phenoxy) is 1. The smallest absolute Gasteiger partial charge is 0.261 e. The molecule has 2 aromatic carbocycles. The maximum absolute atomic E-state index is 12.5. The summed E-state index contributed by atoms with van der Waals surface area (Å²) in [4.78, 5) is 14.1. The third-order valence-electron chi connectivity index (χ3n) is 3.88. The minimum absolute atomic E-state index is 0.0995. The van der Waals surface area contributed by atoms with Crippen LogP contribution in [0.3, 0.4) is 0 Å². The van der Waals surface area contributed by atoms with Crippen LogP contribution in [0.1, 0.15) is 31.1 Å². The van der Waals surface area contributed by atoms with Crippen molar-refractivity contribution in [2.75, 3.05) is 24.4 Å². The van der Waals surface area contributed by atoms with E-state index in [0.29, 0.717) is 36.7 Å². The lowest BCUT2D eigenvalue weighted by Gasteiger charge is -2.18. The van der Waals surface area contributed by atoms with E-state index in [-0.39, 0.29) is 10.8 Å². The lowest BCUT2D eigenvalue weighted by Crippen LogP contribution is -2.30. The first kappa shape index (κ1) is 19.8. The minimum atomic E-state index is -3.73. The van der Waals surface area contributed by atoms with Gasteiger partial charge in [0, 0.05) is 24.3 Å². The van der Waals surface area contributed by atoms with E-state index in [1.807, 2.05) is 20.8 Å². The van der Waals surface area contributed by atoms with E-state index in [1.165, 1.54) is 24.3 Å². The molecule has 0 bridgehead atoms. The monoisotopic (exact) mass is 376 g/mol. The van der Waals surface area contributed by atoms with Crippen LogP contribution in [-0.4, -0.2) is 38.9 Å². The van der Waals surface area contributed by atoms with Gasteiger partial charge in [0.2, 0.25) is 0 Å². The number of carbonyl (C=O) groups is 1. The molecule has 1 amide bonds. The summed E-state index contributed by atoms with van der Waals surface area (Å²) in [6.45, 7) is 7.44. The highest BCUT2D eigenvalue weighted by Crippen LogP contribution is 2.20. The van der Waals surface area contributed by atoms with Gasteiger partial charge in [-0.25, -0.2) is 8.42 Å². The zero-order valence-electron chi connectivity index (χ0n) is 15.2. The van der Waals surface area contributed by atoms with E-state index < -0.39 is 10.0 Å². The summed E-state index contributed by atoms with van der Waals surface area (Å²) < 4.78 is 32.9. The van der Waals surface area contributed by atoms with Crippen LogP contribution in [0.4, 0.5) is 5.69 Å². The summed E-state index contributed by atoms with van der Waals surface area (Å²) in [5, 5.41) is 0. The summed E-state index contributed by atoms with van der Waals surface area (Å²) in [5.74, 6) is 0.563. The van der Waals surface area contributed by atoms with Crippen LogP contribution in [0.5, 0.6) is 5.75 Å². The molecule has 0 aliphatic heterocycles. The number of amides is 1. The largest absolute Gasteiger partial charge is 0.494 e. The Morgan fingerprint density at radius 2 is 1.54 bits per heavy atom. The maximum Gasteiger partial charge on any atom is 0.261 e. The molecule has 0 saturated heterocycles. The Balaban J connectivity index is 2.15. The van der Waals surface area contributed by atoms with E-state index in [2.05, 4.69) is 4.72 Å². The number of nitrogens with one attached hydrogen (secondary N) is 1. The maximum atomic E-state index is 12.5. The highest BCUT2D eigenvalue weighted by Gasteiger charge is 2.17. The predicted molar refractivity (Wildman–Crippen MR) is 102 cm³/mol. The molecule has 0 radical (unpaired) electrons. The Morgan fingerprint density at radius 1 is 0.962 bits per heavy atom. The van der Waals surface area contributed by atoms with Crippen molar-refractivity contribution in [2.24, 2.45) is 0 Å². The van der Waals surface area contributed by atoms with Gasteiger partial charge in [0.05, 0.1) is 11.5 Å². The SMILES string of the molecule is CCOc1ccc(NS(=O)(=O)c2ccc(C(=O)N(CC)CC)cc2)cc1. The van der Waals surface area contributed by atoms with Crippen molar-refractivity contribution < 1.29 is 17.9 Å². The zero-order valence-corrected chi connectivity index (χ0v) is 16.0. The number of anilines is 1. The minimum Gasteiger partial charge on any atom is -0.494 e. The highest BCUT2D eigenvalue weighted by molar-refractivity contribution is 7.92. The van der Waals surface area contributed by atoms with Crippen molar-refractivity contribution in [3.8, 4) is 5.75 Å². The highest BCUT2D eigenvalue weighted by atomic mass is 32.2. The summed E-state index contributed by atoms with van der Waals surface area (Å²) in [6.07, 6.45) is 0. The molecule has 0 atom stereocenters. The van der Waals surface area contributed by atoms with Gasteiger partial charge in [-0.2, -0.15) is 0 Å². The van der Waals surface area contributed by atoms with Gasteiger partial charge in [-0.3, -0.25) is 9.52 Å². The fourth-order valence-electron chi connectivity index (χ4n) is 2.47. The standard InChI is InChI=1S/C19H24N2O4S/c1-4-21(5-2)19(22)15-7-13-18(14-8-15)26(23,24)20-16-9-11-17(12-10-16)25-6-3/h7-14,20H,4-6H2,1-3H3. The van der Waals surface area contributed by atoms with Crippen molar-refractivity contribution in [1.82, 2.24) is 4.90 Å². The van der Waals surface area contributed by atoms with Crippen molar-refractivity contribution in [1.29, 1.82) is 0 Å². The number of rotatable bonds is 8. The van der Waals surface area contributed by atoms with Crippen LogP contribution in [-0.2, 0) is 10.0 Å². The summed E-state index contributed by atoms with van der Waals surface area (Å²) in [6, 6.07) is 12.6. The van der Waals surface area contributed by atoms with Crippen LogP contribution in [0.2, 0.25) is 0 Å². The molecule has 1 N–H and O–H groups in total. The lowest BCUT2D eigenvalue weighted by atomic mass is 10.2. The number of benzene rings is 2. The van der Waals surface area contributed by atoms with E-state index in [1.54, 1.807) is 29.2 Å². The van der Waals surface area contributed by atoms with Crippen LogP contribution in [0, 0.1) is 0 Å². The molecule has 0 heterocycles. The van der Waals surface area contributed by atoms with E-state index in [0.717, 1.165) is 0 Å². The van der Waals surface area contributed by atoms with Gasteiger partial charge in [-0.1, -0.05) is 0 Å². The topological polar surface area (TPSA) is 75.7 Å². The van der Waals surface area contributed by atoms with Crippen molar-refractivity contribution in [2.45, 2.75) is 25.7 Å². The number of nitrogens with zero attached hydrogens (tertiary/aromatic N) is 1. The first-order chi connectivity index (χ1) is 12.4. The average Bonchev–Trinajstić information content (AvgIpc) is 2.64. The van der Waals surface area contributed by atoms with E-state index in [9.17, 15) is 13.2 Å². The van der Waals surface area contributed by atoms with Gasteiger partial charge in [-0.05, 0) is 69.3 Å². The molecule has 0 fully saturated rings. The molecular weight excluding hydrogens is 352 g/mol. The molecule has 26 heavy (non-hydrogen) atoms. The Morgan fingerprint density at radius 3 is 2.04 bits per heavy atom. The summed E-state index contributed by atoms with van der Waals surface area (Å²) in [5.41, 5.74) is 0.908. The number of sulfonamides is 1. The third-order valence-corrected chi connectivity index (χ3v) is 5.28. The lowest BCUT2D eigenvalue weighted by molar-refractivity contribution is 0.0773. The first-order valence-corrected chi connectivity index (χ1v) is 10.0. The van der Waals surface area contributed by atoms with E-state index >= 15 is 0 Å². The summed E-state index contributed by atoms with van der Waals surface area (Å²) >= 11 is 0. The molecule has 140 valence electrons. The van der Waals surface area contributed by atoms with Gasteiger partial charge in [0.1, 0.15) is 5.75 Å². The van der Waals surface area contributed by atoms with E-state index in [4.69, 9.17) is 4.74 Å². The molecule has 2 aromatic rings. The van der Waals surface area contributed by atoms with Crippen LogP contribution >= 0.6 is 0 Å². The van der Waals surface area contributed by atoms with Crippen LogP contribution in [0.15, 0.2) is 53.4 Å². The summed E-state index contributed by atoms with van der Waals surface area (Å²) in [7, 11) is -3.73. The predicted octanol–water partition coefficient (Wildman–Crippen LogP) is 3.37. The quantitative estimate of drug-likeness (QED) is 0.766. The third kappa shape index (κ3) is 4.76. The molecule has 7 heteroatoms. The molecule has 6 nitrogen and oxygen atoms in total. The number of hydrogen-bond donors (Lipinski definition) is 1. The normalized spacial score (nSPS) is 11.0. The number of hydrogen-bond acceptors (Lipinski definition) is 4. The molecule has 0 unspecified atom stereocenters. The first-order valence-electron chi connectivity index (χ1n) is 8.56. The number of carbonyl (C=O) groups excluding carboxylic acids is 1. The second-order valence-corrected chi connectivity index (χ2v) is 7.25. The molecule has 0 saturated carbocycles. The second-order valence-electron chi connectivity index (χ2n) is 5.56. The average molecular weight is 376 g/mol. The molecule has 0 aliphatic rings. The van der Waals surface area contributed by atoms with Crippen molar-refractivity contribution in [3.05, 3.63) is 54.1 Å². The molecule has 0 aliphatic carbocycles. The Kier molecular flexibility index (Phi) is 6.63. The van der Waals surface area contributed by atoms with Gasteiger partial charge < -0.3 is 9.64 Å². The van der Waals surface area contributed by atoms with Crippen LogP contribution < -0.4 is 9.46 Å². The van der Waals surface area contributed by atoms with Gasteiger partial charge in [-0.15, -0.1) is 0 Å². The fourth-order valence-corrected chi connectivity index (χ4v) is 3.53.